The maximum atomic E-state index is 12.3. The smallest absolute Gasteiger partial charge is 0.406 e. The zero-order valence-electron chi connectivity index (χ0n) is 10.7. The molecule has 17 heavy (non-hydrogen) atoms. The first-order valence-electron chi connectivity index (χ1n) is 5.90. The number of ether oxygens (including phenoxy) is 1. The minimum Gasteiger partial charge on any atom is -0.406 e. The number of alkyl halides is 3. The molecule has 98 valence electrons. The first-order valence-corrected chi connectivity index (χ1v) is 5.90. The minimum absolute atomic E-state index is 0.00227. The van der Waals surface area contributed by atoms with Crippen molar-refractivity contribution in [1.82, 2.24) is 0 Å². The number of hydrogen-bond acceptors (Lipinski definition) is 1. The highest BCUT2D eigenvalue weighted by atomic mass is 19.4. The van der Waals surface area contributed by atoms with Crippen LogP contribution in [0.15, 0.2) is 23.0 Å². The zero-order valence-corrected chi connectivity index (χ0v) is 10.7. The summed E-state index contributed by atoms with van der Waals surface area (Å²) in [5.41, 5.74) is 1.78. The second-order valence-corrected chi connectivity index (χ2v) is 4.97. The molecule has 0 unspecified atom stereocenters. The molecule has 0 spiro atoms. The molecule has 1 aliphatic rings. The van der Waals surface area contributed by atoms with Gasteiger partial charge in [0.2, 0.25) is 0 Å². The van der Waals surface area contributed by atoms with Gasteiger partial charge in [-0.1, -0.05) is 33.3 Å². The van der Waals surface area contributed by atoms with E-state index in [0.29, 0.717) is 6.42 Å². The van der Waals surface area contributed by atoms with E-state index in [1.165, 1.54) is 0 Å². The molecule has 0 aromatic rings. The SMILES string of the molecule is CC(C)C1=CC(OC(F)(F)F)=C(C(C)C)CC1. The van der Waals surface area contributed by atoms with Crippen LogP contribution in [0.25, 0.3) is 0 Å². The molecule has 0 aromatic carbocycles. The summed E-state index contributed by atoms with van der Waals surface area (Å²) in [6, 6.07) is 0. The summed E-state index contributed by atoms with van der Waals surface area (Å²) in [4.78, 5) is 0. The van der Waals surface area contributed by atoms with Crippen LogP contribution < -0.4 is 0 Å². The Morgan fingerprint density at radius 2 is 1.65 bits per heavy atom. The summed E-state index contributed by atoms with van der Waals surface area (Å²) in [5, 5.41) is 0. The Bertz CT molecular complexity index is 335. The summed E-state index contributed by atoms with van der Waals surface area (Å²) in [7, 11) is 0. The van der Waals surface area contributed by atoms with E-state index in [1.807, 2.05) is 27.7 Å². The highest BCUT2D eigenvalue weighted by Gasteiger charge is 2.34. The van der Waals surface area contributed by atoms with E-state index in [4.69, 9.17) is 0 Å². The van der Waals surface area contributed by atoms with E-state index in [1.54, 1.807) is 6.08 Å². The molecule has 0 N–H and O–H groups in total. The van der Waals surface area contributed by atoms with E-state index in [0.717, 1.165) is 17.6 Å². The van der Waals surface area contributed by atoms with Gasteiger partial charge in [-0.2, -0.15) is 0 Å². The molecule has 0 amide bonds. The highest BCUT2D eigenvalue weighted by molar-refractivity contribution is 5.31. The van der Waals surface area contributed by atoms with Gasteiger partial charge in [-0.05, 0) is 36.3 Å². The third-order valence-electron chi connectivity index (χ3n) is 2.98. The fourth-order valence-corrected chi connectivity index (χ4v) is 1.98. The van der Waals surface area contributed by atoms with Crippen LogP contribution in [-0.2, 0) is 4.74 Å². The fraction of sp³-hybridized carbons (Fsp3) is 0.692. The van der Waals surface area contributed by atoms with Gasteiger partial charge in [-0.15, -0.1) is 13.2 Å². The molecule has 0 saturated heterocycles. The lowest BCUT2D eigenvalue weighted by molar-refractivity contribution is -0.304. The second-order valence-electron chi connectivity index (χ2n) is 4.97. The third kappa shape index (κ3) is 4.10. The minimum atomic E-state index is -4.61. The largest absolute Gasteiger partial charge is 0.573 e. The maximum absolute atomic E-state index is 12.3. The van der Waals surface area contributed by atoms with Crippen LogP contribution in [0, 0.1) is 11.8 Å². The van der Waals surface area contributed by atoms with E-state index < -0.39 is 6.36 Å². The predicted octanol–water partition coefficient (Wildman–Crippen LogP) is 4.81. The first-order chi connectivity index (χ1) is 7.70. The summed E-state index contributed by atoms with van der Waals surface area (Å²) < 4.78 is 41.1. The average Bonchev–Trinajstić information content (AvgIpc) is 2.14. The van der Waals surface area contributed by atoms with Crippen LogP contribution in [0.5, 0.6) is 0 Å². The molecule has 0 heterocycles. The normalized spacial score (nSPS) is 17.8. The monoisotopic (exact) mass is 248 g/mol. The van der Waals surface area contributed by atoms with Crippen molar-refractivity contribution in [1.29, 1.82) is 0 Å². The molecular weight excluding hydrogens is 229 g/mol. The van der Waals surface area contributed by atoms with Crippen LogP contribution in [0.2, 0.25) is 0 Å². The number of allylic oxidation sites excluding steroid dienone is 3. The molecule has 0 atom stereocenters. The Labute approximate surface area is 100 Å². The van der Waals surface area contributed by atoms with E-state index in [-0.39, 0.29) is 17.6 Å². The maximum Gasteiger partial charge on any atom is 0.573 e. The van der Waals surface area contributed by atoms with Gasteiger partial charge in [0.1, 0.15) is 5.76 Å². The van der Waals surface area contributed by atoms with Crippen LogP contribution >= 0.6 is 0 Å². The van der Waals surface area contributed by atoms with E-state index >= 15 is 0 Å². The van der Waals surface area contributed by atoms with Crippen LogP contribution in [-0.4, -0.2) is 6.36 Å². The number of rotatable bonds is 3. The molecule has 0 bridgehead atoms. The molecule has 1 nitrogen and oxygen atoms in total. The number of halogens is 3. The lowest BCUT2D eigenvalue weighted by atomic mass is 9.86. The van der Waals surface area contributed by atoms with Crippen molar-refractivity contribution < 1.29 is 17.9 Å². The zero-order chi connectivity index (χ0) is 13.2. The van der Waals surface area contributed by atoms with E-state index in [9.17, 15) is 13.2 Å². The van der Waals surface area contributed by atoms with Crippen LogP contribution in [0.1, 0.15) is 40.5 Å². The summed E-state index contributed by atoms with van der Waals surface area (Å²) in [6.07, 6.45) is -1.55. The Hall–Kier alpha value is -0.930. The van der Waals surface area contributed by atoms with Crippen molar-refractivity contribution in [2.24, 2.45) is 11.8 Å². The van der Waals surface area contributed by atoms with Gasteiger partial charge in [0.25, 0.3) is 0 Å². The first kappa shape index (κ1) is 14.1. The Morgan fingerprint density at radius 3 is 2.06 bits per heavy atom. The summed E-state index contributed by atoms with van der Waals surface area (Å²) in [5.74, 6) is 0.343. The molecule has 0 aromatic heterocycles. The lowest BCUT2D eigenvalue weighted by Crippen LogP contribution is -2.17. The van der Waals surface area contributed by atoms with Gasteiger partial charge in [0, 0.05) is 0 Å². The van der Waals surface area contributed by atoms with Gasteiger partial charge in [-0.25, -0.2) is 0 Å². The second kappa shape index (κ2) is 5.15. The topological polar surface area (TPSA) is 9.23 Å². The van der Waals surface area contributed by atoms with Gasteiger partial charge >= 0.3 is 6.36 Å². The molecule has 4 heteroatoms. The van der Waals surface area contributed by atoms with E-state index in [2.05, 4.69) is 4.74 Å². The molecule has 0 aliphatic heterocycles. The average molecular weight is 248 g/mol. The predicted molar refractivity (Wildman–Crippen MR) is 61.2 cm³/mol. The molecule has 0 radical (unpaired) electrons. The quantitative estimate of drug-likeness (QED) is 0.696. The molecule has 0 saturated carbocycles. The van der Waals surface area contributed by atoms with Crippen molar-refractivity contribution >= 4 is 0 Å². The van der Waals surface area contributed by atoms with Crippen molar-refractivity contribution in [3.8, 4) is 0 Å². The fourth-order valence-electron chi connectivity index (χ4n) is 1.98. The summed E-state index contributed by atoms with van der Waals surface area (Å²) in [6.45, 7) is 7.75. The molecule has 0 fully saturated rings. The lowest BCUT2D eigenvalue weighted by Gasteiger charge is -2.25. The van der Waals surface area contributed by atoms with Crippen molar-refractivity contribution in [2.75, 3.05) is 0 Å². The highest BCUT2D eigenvalue weighted by Crippen LogP contribution is 2.35. The molecule has 1 rings (SSSR count). The Kier molecular flexibility index (Phi) is 4.28. The van der Waals surface area contributed by atoms with Gasteiger partial charge in [0.05, 0.1) is 0 Å². The molecule has 1 aliphatic carbocycles. The standard InChI is InChI=1S/C13H19F3O/c1-8(2)10-5-6-11(9(3)4)12(7-10)17-13(14,15)16/h7-9H,5-6H2,1-4H3. The Morgan fingerprint density at radius 1 is 1.06 bits per heavy atom. The summed E-state index contributed by atoms with van der Waals surface area (Å²) >= 11 is 0. The Balaban J connectivity index is 3.04. The van der Waals surface area contributed by atoms with Crippen molar-refractivity contribution in [3.63, 3.8) is 0 Å². The van der Waals surface area contributed by atoms with Crippen LogP contribution in [0.3, 0.4) is 0 Å². The van der Waals surface area contributed by atoms with Crippen molar-refractivity contribution in [3.05, 3.63) is 23.0 Å². The third-order valence-corrected chi connectivity index (χ3v) is 2.98. The van der Waals surface area contributed by atoms with Gasteiger partial charge in [0.15, 0.2) is 0 Å². The van der Waals surface area contributed by atoms with Gasteiger partial charge in [-0.3, -0.25) is 0 Å². The van der Waals surface area contributed by atoms with Gasteiger partial charge < -0.3 is 4.74 Å². The number of hydrogen-bond donors (Lipinski definition) is 0. The molecular formula is C13H19F3O. The van der Waals surface area contributed by atoms with Crippen LogP contribution in [0.4, 0.5) is 13.2 Å². The van der Waals surface area contributed by atoms with Crippen molar-refractivity contribution in [2.45, 2.75) is 46.9 Å².